The van der Waals surface area contributed by atoms with Crippen molar-refractivity contribution in [2.24, 2.45) is 4.99 Å². The summed E-state index contributed by atoms with van der Waals surface area (Å²) >= 11 is 0. The second-order valence-electron chi connectivity index (χ2n) is 5.39. The summed E-state index contributed by atoms with van der Waals surface area (Å²) in [5, 5.41) is 0. The van der Waals surface area contributed by atoms with Gasteiger partial charge in [-0.3, -0.25) is 14.6 Å². The van der Waals surface area contributed by atoms with E-state index in [0.29, 0.717) is 28.1 Å². The van der Waals surface area contributed by atoms with Gasteiger partial charge < -0.3 is 4.90 Å². The number of halogens is 1. The minimum absolute atomic E-state index is 0.0652. The van der Waals surface area contributed by atoms with E-state index in [1.54, 1.807) is 43.4 Å². The standard InChI is InChI=1S/C18H15FN2O2/c1-11(22)12-7-8-16-14(9-12)18(20-10-17(23)21(16)2)13-5-3-4-6-15(13)19/h3-9H,10H2,1-2H3. The summed E-state index contributed by atoms with van der Waals surface area (Å²) in [6, 6.07) is 11.3. The van der Waals surface area contributed by atoms with Crippen LogP contribution in [0.25, 0.3) is 0 Å². The highest BCUT2D eigenvalue weighted by atomic mass is 19.1. The number of Topliss-reactive ketones (excluding diaryl/α,β-unsaturated/α-hetero) is 1. The van der Waals surface area contributed by atoms with Gasteiger partial charge in [0.25, 0.3) is 0 Å². The van der Waals surface area contributed by atoms with E-state index in [-0.39, 0.29) is 18.2 Å². The molecule has 0 spiro atoms. The SMILES string of the molecule is CC(=O)c1ccc2c(c1)C(c1ccccc1F)=NCC(=O)N2C. The Labute approximate surface area is 133 Å². The number of carbonyl (C=O) groups is 2. The van der Waals surface area contributed by atoms with Gasteiger partial charge in [0.2, 0.25) is 5.91 Å². The summed E-state index contributed by atoms with van der Waals surface area (Å²) in [5.74, 6) is -0.700. The third kappa shape index (κ3) is 2.65. The van der Waals surface area contributed by atoms with Crippen molar-refractivity contribution in [2.75, 3.05) is 18.5 Å². The number of benzodiazepines with no additional fused rings is 1. The van der Waals surface area contributed by atoms with Crippen LogP contribution in [0.5, 0.6) is 0 Å². The van der Waals surface area contributed by atoms with Crippen molar-refractivity contribution in [3.63, 3.8) is 0 Å². The molecule has 0 saturated carbocycles. The van der Waals surface area contributed by atoms with Crippen LogP contribution in [0.3, 0.4) is 0 Å². The average molecular weight is 310 g/mol. The number of hydrogen-bond donors (Lipinski definition) is 0. The van der Waals surface area contributed by atoms with Gasteiger partial charge in [0.1, 0.15) is 12.4 Å². The quantitative estimate of drug-likeness (QED) is 0.801. The van der Waals surface area contributed by atoms with Gasteiger partial charge in [-0.25, -0.2) is 4.39 Å². The highest BCUT2D eigenvalue weighted by Gasteiger charge is 2.24. The van der Waals surface area contributed by atoms with Crippen LogP contribution < -0.4 is 4.90 Å². The lowest BCUT2D eigenvalue weighted by Crippen LogP contribution is -2.27. The number of fused-ring (bicyclic) bond motifs is 1. The van der Waals surface area contributed by atoms with Gasteiger partial charge in [0.15, 0.2) is 5.78 Å². The Kier molecular flexibility index (Phi) is 3.78. The monoisotopic (exact) mass is 310 g/mol. The minimum atomic E-state index is -0.414. The second-order valence-corrected chi connectivity index (χ2v) is 5.39. The summed E-state index contributed by atoms with van der Waals surface area (Å²) in [6.45, 7) is 1.40. The number of amides is 1. The highest BCUT2D eigenvalue weighted by Crippen LogP contribution is 2.28. The topological polar surface area (TPSA) is 49.7 Å². The van der Waals surface area contributed by atoms with Crippen molar-refractivity contribution >= 4 is 23.1 Å². The first-order valence-electron chi connectivity index (χ1n) is 7.20. The predicted octanol–water partition coefficient (Wildman–Crippen LogP) is 2.84. The zero-order valence-corrected chi connectivity index (χ0v) is 12.8. The van der Waals surface area contributed by atoms with Crippen LogP contribution >= 0.6 is 0 Å². The molecule has 0 unspecified atom stereocenters. The molecule has 1 aliphatic heterocycles. The van der Waals surface area contributed by atoms with Crippen LogP contribution in [0.4, 0.5) is 10.1 Å². The molecular formula is C18H15FN2O2. The molecule has 116 valence electrons. The van der Waals surface area contributed by atoms with Gasteiger partial charge in [0, 0.05) is 23.7 Å². The maximum absolute atomic E-state index is 14.2. The molecular weight excluding hydrogens is 295 g/mol. The molecule has 4 nitrogen and oxygen atoms in total. The zero-order chi connectivity index (χ0) is 16.6. The number of aliphatic imine (C=N–C) groups is 1. The van der Waals surface area contributed by atoms with Crippen LogP contribution in [0.15, 0.2) is 47.5 Å². The number of nitrogens with zero attached hydrogens (tertiary/aromatic N) is 2. The van der Waals surface area contributed by atoms with Crippen molar-refractivity contribution in [3.8, 4) is 0 Å². The lowest BCUT2D eigenvalue weighted by atomic mass is 9.97. The average Bonchev–Trinajstić information content (AvgIpc) is 2.66. The van der Waals surface area contributed by atoms with Crippen molar-refractivity contribution in [1.82, 2.24) is 0 Å². The molecule has 0 bridgehead atoms. The van der Waals surface area contributed by atoms with Gasteiger partial charge in [-0.05, 0) is 37.3 Å². The molecule has 0 fully saturated rings. The molecule has 2 aromatic rings. The van der Waals surface area contributed by atoms with E-state index in [9.17, 15) is 14.0 Å². The fourth-order valence-corrected chi connectivity index (χ4v) is 2.59. The van der Waals surface area contributed by atoms with Crippen LogP contribution in [0.2, 0.25) is 0 Å². The molecule has 5 heteroatoms. The summed E-state index contributed by atoms with van der Waals surface area (Å²) in [7, 11) is 1.65. The third-order valence-electron chi connectivity index (χ3n) is 3.90. The molecule has 0 aliphatic carbocycles. The third-order valence-corrected chi connectivity index (χ3v) is 3.90. The summed E-state index contributed by atoms with van der Waals surface area (Å²) in [4.78, 5) is 29.6. The Bertz CT molecular complexity index is 843. The number of rotatable bonds is 2. The first-order chi connectivity index (χ1) is 11.0. The summed E-state index contributed by atoms with van der Waals surface area (Å²) < 4.78 is 14.2. The van der Waals surface area contributed by atoms with E-state index in [0.717, 1.165) is 0 Å². The van der Waals surface area contributed by atoms with Crippen LogP contribution in [-0.2, 0) is 4.79 Å². The Balaban J connectivity index is 2.27. The van der Waals surface area contributed by atoms with E-state index in [1.165, 1.54) is 17.9 Å². The molecule has 2 aromatic carbocycles. The molecule has 0 saturated heterocycles. The van der Waals surface area contributed by atoms with Crippen LogP contribution in [0, 0.1) is 5.82 Å². The fraction of sp³-hybridized carbons (Fsp3) is 0.167. The number of benzene rings is 2. The van der Waals surface area contributed by atoms with Gasteiger partial charge in [-0.2, -0.15) is 0 Å². The Morgan fingerprint density at radius 2 is 1.91 bits per heavy atom. The molecule has 0 radical (unpaired) electrons. The van der Waals surface area contributed by atoms with Crippen molar-refractivity contribution in [3.05, 3.63) is 65.0 Å². The molecule has 3 rings (SSSR count). The van der Waals surface area contributed by atoms with E-state index in [4.69, 9.17) is 0 Å². The fourth-order valence-electron chi connectivity index (χ4n) is 2.59. The van der Waals surface area contributed by atoms with E-state index >= 15 is 0 Å². The molecule has 0 aromatic heterocycles. The molecule has 1 amide bonds. The first kappa shape index (κ1) is 15.1. The largest absolute Gasteiger partial charge is 0.313 e. The number of hydrogen-bond acceptors (Lipinski definition) is 3. The summed E-state index contributed by atoms with van der Waals surface area (Å²) in [5.41, 5.74) is 2.39. The molecule has 1 heterocycles. The van der Waals surface area contributed by atoms with Crippen molar-refractivity contribution < 1.29 is 14.0 Å². The molecule has 0 N–H and O–H groups in total. The van der Waals surface area contributed by atoms with Crippen LogP contribution in [-0.4, -0.2) is 31.0 Å². The van der Waals surface area contributed by atoms with Crippen LogP contribution in [0.1, 0.15) is 28.4 Å². The lowest BCUT2D eigenvalue weighted by molar-refractivity contribution is -0.116. The minimum Gasteiger partial charge on any atom is -0.313 e. The zero-order valence-electron chi connectivity index (χ0n) is 12.8. The normalized spacial score (nSPS) is 14.1. The lowest BCUT2D eigenvalue weighted by Gasteiger charge is -2.18. The van der Waals surface area contributed by atoms with Gasteiger partial charge in [0.05, 0.1) is 11.4 Å². The Hall–Kier alpha value is -2.82. The first-order valence-corrected chi connectivity index (χ1v) is 7.20. The van der Waals surface area contributed by atoms with Gasteiger partial charge >= 0.3 is 0 Å². The van der Waals surface area contributed by atoms with E-state index < -0.39 is 5.82 Å². The number of ketones is 1. The molecule has 1 aliphatic rings. The van der Waals surface area contributed by atoms with Crippen molar-refractivity contribution in [1.29, 1.82) is 0 Å². The maximum atomic E-state index is 14.2. The Morgan fingerprint density at radius 1 is 1.17 bits per heavy atom. The summed E-state index contributed by atoms with van der Waals surface area (Å²) in [6.07, 6.45) is 0. The van der Waals surface area contributed by atoms with Gasteiger partial charge in [-0.1, -0.05) is 12.1 Å². The number of likely N-dealkylation sites (N-methyl/N-ethyl adjacent to an activating group) is 1. The predicted molar refractivity (Wildman–Crippen MR) is 86.8 cm³/mol. The number of anilines is 1. The number of carbonyl (C=O) groups excluding carboxylic acids is 2. The van der Waals surface area contributed by atoms with Crippen molar-refractivity contribution in [2.45, 2.75) is 6.92 Å². The second kappa shape index (κ2) is 5.76. The maximum Gasteiger partial charge on any atom is 0.248 e. The van der Waals surface area contributed by atoms with Gasteiger partial charge in [-0.15, -0.1) is 0 Å². The molecule has 23 heavy (non-hydrogen) atoms. The molecule has 0 atom stereocenters. The Morgan fingerprint density at radius 3 is 2.61 bits per heavy atom. The highest BCUT2D eigenvalue weighted by molar-refractivity contribution is 6.20. The van der Waals surface area contributed by atoms with E-state index in [2.05, 4.69) is 4.99 Å². The smallest absolute Gasteiger partial charge is 0.248 e. The van der Waals surface area contributed by atoms with E-state index in [1.807, 2.05) is 0 Å².